The number of ether oxygens (including phenoxy) is 2. The quantitative estimate of drug-likeness (QED) is 0.840. The summed E-state index contributed by atoms with van der Waals surface area (Å²) in [6.07, 6.45) is 2.57. The molecule has 2 atom stereocenters. The molecule has 0 spiro atoms. The molecule has 122 valence electrons. The van der Waals surface area contributed by atoms with Crippen molar-refractivity contribution in [3.63, 3.8) is 0 Å². The lowest BCUT2D eigenvalue weighted by Gasteiger charge is -2.43. The largest absolute Gasteiger partial charge is 0.457 e. The van der Waals surface area contributed by atoms with E-state index in [4.69, 9.17) is 9.47 Å². The van der Waals surface area contributed by atoms with E-state index in [9.17, 15) is 4.79 Å². The number of carbonyl (C=O) groups is 1. The predicted octanol–water partition coefficient (Wildman–Crippen LogP) is 1.58. The lowest BCUT2D eigenvalue weighted by atomic mass is 9.90. The first-order valence-corrected chi connectivity index (χ1v) is 8.70. The van der Waals surface area contributed by atoms with Crippen LogP contribution in [0.5, 0.6) is 0 Å². The van der Waals surface area contributed by atoms with Crippen LogP contribution < -0.4 is 5.32 Å². The van der Waals surface area contributed by atoms with Gasteiger partial charge in [0.2, 0.25) is 0 Å². The number of carbonyl (C=O) groups excluding carboxylic acids is 1. The van der Waals surface area contributed by atoms with Gasteiger partial charge in [0, 0.05) is 37.8 Å². The van der Waals surface area contributed by atoms with E-state index in [1.54, 1.807) is 0 Å². The highest BCUT2D eigenvalue weighted by atomic mass is 16.5. The second kappa shape index (κ2) is 5.30. The Labute approximate surface area is 135 Å². The van der Waals surface area contributed by atoms with E-state index in [1.807, 2.05) is 6.07 Å². The fraction of sp³-hybridized carbons (Fsp3) is 0.611. The van der Waals surface area contributed by atoms with Crippen molar-refractivity contribution < 1.29 is 14.3 Å². The monoisotopic (exact) mass is 314 g/mol. The molecule has 1 aromatic carbocycles. The number of piperazine rings is 1. The Hall–Kier alpha value is -1.43. The van der Waals surface area contributed by atoms with Crippen molar-refractivity contribution in [2.45, 2.75) is 37.5 Å². The van der Waals surface area contributed by atoms with Gasteiger partial charge in [-0.25, -0.2) is 4.79 Å². The van der Waals surface area contributed by atoms with Crippen molar-refractivity contribution in [3.05, 3.63) is 34.4 Å². The fourth-order valence-corrected chi connectivity index (χ4v) is 4.27. The molecule has 2 unspecified atom stereocenters. The van der Waals surface area contributed by atoms with Crippen LogP contribution in [-0.4, -0.2) is 49.7 Å². The van der Waals surface area contributed by atoms with E-state index in [1.165, 1.54) is 24.0 Å². The average Bonchev–Trinajstić information content (AvgIpc) is 3.37. The molecule has 0 bridgehead atoms. The summed E-state index contributed by atoms with van der Waals surface area (Å²) in [5, 5.41) is 3.44. The van der Waals surface area contributed by atoms with Crippen molar-refractivity contribution in [2.75, 3.05) is 32.8 Å². The molecule has 5 heteroatoms. The molecule has 23 heavy (non-hydrogen) atoms. The summed E-state index contributed by atoms with van der Waals surface area (Å²) in [4.78, 5) is 14.4. The number of hydrogen-bond donors (Lipinski definition) is 1. The van der Waals surface area contributed by atoms with Crippen LogP contribution in [-0.2, 0) is 16.1 Å². The molecular formula is C18H22N2O3. The molecule has 1 aromatic rings. The maximum absolute atomic E-state index is 11.9. The van der Waals surface area contributed by atoms with Crippen molar-refractivity contribution in [1.29, 1.82) is 0 Å². The van der Waals surface area contributed by atoms with Crippen molar-refractivity contribution in [3.8, 4) is 0 Å². The standard InChI is InChI=1S/C18H22N2O3/c21-18-13-3-4-14(17(11-1-2-11)15(13)10-23-18)16-8-20-6-5-19-7-12(20)9-22-16/h3-4,11-12,16,19H,1-2,5-10H2. The number of fused-ring (bicyclic) bond motifs is 2. The van der Waals surface area contributed by atoms with Gasteiger partial charge >= 0.3 is 5.97 Å². The molecule has 3 heterocycles. The molecule has 3 aliphatic heterocycles. The molecule has 0 amide bonds. The van der Waals surface area contributed by atoms with E-state index in [-0.39, 0.29) is 12.1 Å². The lowest BCUT2D eigenvalue weighted by molar-refractivity contribution is -0.0721. The van der Waals surface area contributed by atoms with Gasteiger partial charge in [0.15, 0.2) is 0 Å². The second-order valence-corrected chi connectivity index (χ2v) is 7.12. The van der Waals surface area contributed by atoms with Gasteiger partial charge in [-0.2, -0.15) is 0 Å². The number of rotatable bonds is 2. The van der Waals surface area contributed by atoms with Crippen LogP contribution in [0.2, 0.25) is 0 Å². The van der Waals surface area contributed by atoms with Gasteiger partial charge in [-0.1, -0.05) is 6.07 Å². The van der Waals surface area contributed by atoms with E-state index >= 15 is 0 Å². The Morgan fingerprint density at radius 1 is 1.26 bits per heavy atom. The Balaban J connectivity index is 1.50. The first-order chi connectivity index (χ1) is 11.3. The van der Waals surface area contributed by atoms with E-state index in [0.29, 0.717) is 18.6 Å². The summed E-state index contributed by atoms with van der Waals surface area (Å²) in [6, 6.07) is 4.56. The van der Waals surface area contributed by atoms with E-state index in [2.05, 4.69) is 16.3 Å². The number of esters is 1. The minimum Gasteiger partial charge on any atom is -0.457 e. The summed E-state index contributed by atoms with van der Waals surface area (Å²) in [5.41, 5.74) is 4.54. The van der Waals surface area contributed by atoms with Gasteiger partial charge in [0.05, 0.1) is 18.3 Å². The smallest absolute Gasteiger partial charge is 0.338 e. The van der Waals surface area contributed by atoms with Crippen LogP contribution in [0.4, 0.5) is 0 Å². The van der Waals surface area contributed by atoms with Crippen LogP contribution in [0.1, 0.15) is 51.9 Å². The molecule has 1 aliphatic carbocycles. The summed E-state index contributed by atoms with van der Waals surface area (Å²) < 4.78 is 11.5. The molecule has 2 saturated heterocycles. The molecule has 5 rings (SSSR count). The number of nitrogens with one attached hydrogen (secondary N) is 1. The molecular weight excluding hydrogens is 292 g/mol. The fourth-order valence-electron chi connectivity index (χ4n) is 4.27. The third-order valence-electron chi connectivity index (χ3n) is 5.65. The number of cyclic esters (lactones) is 1. The molecule has 3 fully saturated rings. The first kappa shape index (κ1) is 14.0. The topological polar surface area (TPSA) is 50.8 Å². The third kappa shape index (κ3) is 2.30. The summed E-state index contributed by atoms with van der Waals surface area (Å²) in [7, 11) is 0. The highest BCUT2D eigenvalue weighted by Gasteiger charge is 2.38. The highest BCUT2D eigenvalue weighted by molar-refractivity contribution is 5.94. The van der Waals surface area contributed by atoms with Crippen molar-refractivity contribution in [1.82, 2.24) is 10.2 Å². The van der Waals surface area contributed by atoms with Crippen molar-refractivity contribution >= 4 is 5.97 Å². The zero-order valence-corrected chi connectivity index (χ0v) is 13.2. The number of benzene rings is 1. The molecule has 4 aliphatic rings. The third-order valence-corrected chi connectivity index (χ3v) is 5.65. The summed E-state index contributed by atoms with van der Waals surface area (Å²) >= 11 is 0. The predicted molar refractivity (Wildman–Crippen MR) is 84.5 cm³/mol. The van der Waals surface area contributed by atoms with Crippen LogP contribution in [0.3, 0.4) is 0 Å². The Morgan fingerprint density at radius 2 is 2.17 bits per heavy atom. The highest BCUT2D eigenvalue weighted by Crippen LogP contribution is 2.47. The van der Waals surface area contributed by atoms with Gasteiger partial charge in [-0.15, -0.1) is 0 Å². The van der Waals surface area contributed by atoms with Gasteiger partial charge in [0.1, 0.15) is 6.61 Å². The molecule has 1 N–H and O–H groups in total. The van der Waals surface area contributed by atoms with Crippen LogP contribution in [0.25, 0.3) is 0 Å². The Bertz CT molecular complexity index is 656. The zero-order chi connectivity index (χ0) is 15.4. The Morgan fingerprint density at radius 3 is 3.04 bits per heavy atom. The summed E-state index contributed by atoms with van der Waals surface area (Å²) in [6.45, 7) is 5.36. The number of morpholine rings is 1. The summed E-state index contributed by atoms with van der Waals surface area (Å²) in [5.74, 6) is 0.430. The van der Waals surface area contributed by atoms with Gasteiger partial charge < -0.3 is 14.8 Å². The van der Waals surface area contributed by atoms with Gasteiger partial charge in [0.25, 0.3) is 0 Å². The number of hydrogen-bond acceptors (Lipinski definition) is 5. The maximum Gasteiger partial charge on any atom is 0.338 e. The molecule has 0 radical (unpaired) electrons. The normalized spacial score (nSPS) is 30.7. The average molecular weight is 314 g/mol. The van der Waals surface area contributed by atoms with E-state index in [0.717, 1.165) is 43.9 Å². The second-order valence-electron chi connectivity index (χ2n) is 7.12. The van der Waals surface area contributed by atoms with Crippen LogP contribution >= 0.6 is 0 Å². The van der Waals surface area contributed by atoms with Gasteiger partial charge in [-0.05, 0) is 36.0 Å². The van der Waals surface area contributed by atoms with Gasteiger partial charge in [-0.3, -0.25) is 4.90 Å². The number of nitrogens with zero attached hydrogens (tertiary/aromatic N) is 1. The minimum absolute atomic E-state index is 0.126. The van der Waals surface area contributed by atoms with Crippen LogP contribution in [0.15, 0.2) is 12.1 Å². The Kier molecular flexibility index (Phi) is 3.21. The SMILES string of the molecule is O=C1OCc2c1ccc(C1CN3CCNCC3CO1)c2C1CC1. The zero-order valence-electron chi connectivity index (χ0n) is 13.2. The lowest BCUT2D eigenvalue weighted by Crippen LogP contribution is -2.57. The molecule has 1 saturated carbocycles. The van der Waals surface area contributed by atoms with Crippen LogP contribution in [0, 0.1) is 0 Å². The minimum atomic E-state index is -0.166. The first-order valence-electron chi connectivity index (χ1n) is 8.70. The van der Waals surface area contributed by atoms with Crippen molar-refractivity contribution in [2.24, 2.45) is 0 Å². The molecule has 5 nitrogen and oxygen atoms in total. The van der Waals surface area contributed by atoms with E-state index < -0.39 is 0 Å². The molecule has 0 aromatic heterocycles. The maximum atomic E-state index is 11.9.